The van der Waals surface area contributed by atoms with Crippen LogP contribution in [0.15, 0.2) is 18.3 Å². The summed E-state index contributed by atoms with van der Waals surface area (Å²) < 4.78 is 0. The maximum atomic E-state index is 10.4. The van der Waals surface area contributed by atoms with Crippen LogP contribution in [0, 0.1) is 13.3 Å². The Morgan fingerprint density at radius 3 is 2.82 bits per heavy atom. The van der Waals surface area contributed by atoms with Crippen molar-refractivity contribution < 1.29 is 4.79 Å². The van der Waals surface area contributed by atoms with E-state index in [1.54, 1.807) is 12.3 Å². The highest BCUT2D eigenvalue weighted by atomic mass is 16.1. The second-order valence-corrected chi connectivity index (χ2v) is 2.28. The molecule has 0 fully saturated rings. The third-order valence-corrected chi connectivity index (χ3v) is 1.24. The van der Waals surface area contributed by atoms with Gasteiger partial charge in [0, 0.05) is 11.9 Å². The van der Waals surface area contributed by atoms with Crippen molar-refractivity contribution >= 4 is 5.91 Å². The molecule has 57 valence electrons. The summed E-state index contributed by atoms with van der Waals surface area (Å²) in [5, 5.41) is 0. The molecule has 0 saturated heterocycles. The number of hydrogen-bond donors (Lipinski definition) is 1. The maximum absolute atomic E-state index is 10.4. The minimum atomic E-state index is -0.448. The highest BCUT2D eigenvalue weighted by Gasteiger charge is 1.97. The fraction of sp³-hybridized carbons (Fsp3) is 0.125. The highest BCUT2D eigenvalue weighted by molar-refractivity contribution is 5.86. The van der Waals surface area contributed by atoms with E-state index in [9.17, 15) is 4.79 Å². The van der Waals surface area contributed by atoms with Gasteiger partial charge in [-0.15, -0.1) is 0 Å². The lowest BCUT2D eigenvalue weighted by Gasteiger charge is -1.95. The quantitative estimate of drug-likeness (QED) is 0.662. The van der Waals surface area contributed by atoms with Gasteiger partial charge in [-0.1, -0.05) is 6.07 Å². The fourth-order valence-corrected chi connectivity index (χ4v) is 0.729. The Morgan fingerprint density at radius 2 is 2.36 bits per heavy atom. The van der Waals surface area contributed by atoms with Crippen molar-refractivity contribution in [2.24, 2.45) is 5.73 Å². The number of aromatic nitrogens is 1. The first-order valence-electron chi connectivity index (χ1n) is 3.25. The van der Waals surface area contributed by atoms with Crippen LogP contribution in [-0.4, -0.2) is 10.9 Å². The Labute approximate surface area is 65.2 Å². The number of carbonyl (C=O) groups excluding carboxylic acids is 1. The summed E-state index contributed by atoms with van der Waals surface area (Å²) in [7, 11) is 0. The molecule has 0 aliphatic carbocycles. The molecule has 11 heavy (non-hydrogen) atoms. The van der Waals surface area contributed by atoms with Crippen LogP contribution in [0.2, 0.25) is 0 Å². The number of rotatable bonds is 2. The number of nitrogens with zero attached hydrogens (tertiary/aromatic N) is 1. The summed E-state index contributed by atoms with van der Waals surface area (Å²) in [6, 6.07) is 3.63. The molecule has 0 aromatic carbocycles. The van der Waals surface area contributed by atoms with Crippen molar-refractivity contribution in [1.29, 1.82) is 0 Å². The number of aryl methyl sites for hydroxylation is 1. The first kappa shape index (κ1) is 7.72. The van der Waals surface area contributed by atoms with Crippen LogP contribution in [0.5, 0.6) is 0 Å². The van der Waals surface area contributed by atoms with Gasteiger partial charge in [-0.25, -0.2) is 0 Å². The molecule has 1 heterocycles. The summed E-state index contributed by atoms with van der Waals surface area (Å²) in [5.74, 6) is -0.448. The second-order valence-electron chi connectivity index (χ2n) is 2.28. The third kappa shape index (κ3) is 2.37. The number of carbonyl (C=O) groups is 1. The lowest BCUT2D eigenvalue weighted by atomic mass is 10.2. The van der Waals surface area contributed by atoms with E-state index < -0.39 is 5.91 Å². The fourth-order valence-electron chi connectivity index (χ4n) is 0.729. The van der Waals surface area contributed by atoms with Crippen LogP contribution < -0.4 is 5.73 Å². The smallest absolute Gasteiger partial charge is 0.226 e. The van der Waals surface area contributed by atoms with Gasteiger partial charge in [-0.3, -0.25) is 9.78 Å². The number of primary amides is 1. The van der Waals surface area contributed by atoms with Gasteiger partial charge in [0.05, 0.1) is 6.42 Å². The summed E-state index contributed by atoms with van der Waals surface area (Å²) in [6.07, 6.45) is 2.95. The Kier molecular flexibility index (Phi) is 2.21. The zero-order valence-corrected chi connectivity index (χ0v) is 6.24. The van der Waals surface area contributed by atoms with E-state index in [0.717, 1.165) is 11.3 Å². The Bertz CT molecular complexity index is 253. The Hall–Kier alpha value is -1.38. The van der Waals surface area contributed by atoms with E-state index in [1.165, 1.54) is 6.42 Å². The van der Waals surface area contributed by atoms with Gasteiger partial charge in [0.25, 0.3) is 0 Å². The van der Waals surface area contributed by atoms with Crippen LogP contribution in [-0.2, 0) is 4.79 Å². The van der Waals surface area contributed by atoms with Crippen molar-refractivity contribution in [3.8, 4) is 0 Å². The Balaban J connectivity index is 2.74. The molecule has 1 rings (SSSR count). The molecular formula is C8H9N2O. The summed E-state index contributed by atoms with van der Waals surface area (Å²) in [4.78, 5) is 14.4. The average molecular weight is 149 g/mol. The van der Waals surface area contributed by atoms with E-state index in [1.807, 2.05) is 13.0 Å². The number of amides is 1. The lowest BCUT2D eigenvalue weighted by Crippen LogP contribution is -2.11. The molecule has 0 unspecified atom stereocenters. The number of hydrogen-bond acceptors (Lipinski definition) is 2. The van der Waals surface area contributed by atoms with Gasteiger partial charge >= 0.3 is 0 Å². The second kappa shape index (κ2) is 3.14. The first-order valence-corrected chi connectivity index (χ1v) is 3.25. The molecule has 0 spiro atoms. The van der Waals surface area contributed by atoms with Crippen LogP contribution in [0.25, 0.3) is 0 Å². The lowest BCUT2D eigenvalue weighted by molar-refractivity contribution is -0.114. The molecule has 0 aliphatic heterocycles. The van der Waals surface area contributed by atoms with Crippen LogP contribution in [0.4, 0.5) is 0 Å². The SMILES string of the molecule is Cc1ccc([CH]C(N)=O)cn1. The van der Waals surface area contributed by atoms with Crippen LogP contribution in [0.1, 0.15) is 11.3 Å². The van der Waals surface area contributed by atoms with Gasteiger partial charge in [0.15, 0.2) is 0 Å². The van der Waals surface area contributed by atoms with Gasteiger partial charge in [0.1, 0.15) is 0 Å². The molecule has 0 aliphatic rings. The molecule has 1 aromatic rings. The van der Waals surface area contributed by atoms with Gasteiger partial charge < -0.3 is 5.73 Å². The first-order chi connectivity index (χ1) is 5.18. The molecule has 0 bridgehead atoms. The predicted molar refractivity (Wildman–Crippen MR) is 41.6 cm³/mol. The molecule has 3 heteroatoms. The molecule has 0 saturated carbocycles. The minimum Gasteiger partial charge on any atom is -0.369 e. The van der Waals surface area contributed by atoms with Crippen molar-refractivity contribution in [1.82, 2.24) is 4.98 Å². The topological polar surface area (TPSA) is 56.0 Å². The summed E-state index contributed by atoms with van der Waals surface area (Å²) in [6.45, 7) is 1.88. The molecule has 1 aromatic heterocycles. The van der Waals surface area contributed by atoms with E-state index in [2.05, 4.69) is 4.98 Å². The largest absolute Gasteiger partial charge is 0.369 e. The minimum absolute atomic E-state index is 0.448. The normalized spacial score (nSPS) is 9.55. The molecule has 3 nitrogen and oxygen atoms in total. The third-order valence-electron chi connectivity index (χ3n) is 1.24. The molecule has 2 N–H and O–H groups in total. The maximum Gasteiger partial charge on any atom is 0.226 e. The van der Waals surface area contributed by atoms with Gasteiger partial charge in [-0.2, -0.15) is 0 Å². The molecule has 0 atom stereocenters. The van der Waals surface area contributed by atoms with E-state index in [-0.39, 0.29) is 0 Å². The van der Waals surface area contributed by atoms with E-state index >= 15 is 0 Å². The van der Waals surface area contributed by atoms with E-state index in [4.69, 9.17) is 5.73 Å². The molecule has 1 radical (unpaired) electrons. The van der Waals surface area contributed by atoms with Crippen molar-refractivity contribution in [3.05, 3.63) is 36.0 Å². The molecular weight excluding hydrogens is 140 g/mol. The average Bonchev–Trinajstić information content (AvgIpc) is 1.93. The highest BCUT2D eigenvalue weighted by Crippen LogP contribution is 2.00. The predicted octanol–water partition coefficient (Wildman–Crippen LogP) is 0.428. The van der Waals surface area contributed by atoms with Crippen molar-refractivity contribution in [3.63, 3.8) is 0 Å². The van der Waals surface area contributed by atoms with Crippen molar-refractivity contribution in [2.45, 2.75) is 6.92 Å². The van der Waals surface area contributed by atoms with Crippen LogP contribution in [0.3, 0.4) is 0 Å². The summed E-state index contributed by atoms with van der Waals surface area (Å²) >= 11 is 0. The molecule has 1 amide bonds. The van der Waals surface area contributed by atoms with E-state index in [0.29, 0.717) is 0 Å². The van der Waals surface area contributed by atoms with Gasteiger partial charge in [-0.05, 0) is 18.6 Å². The van der Waals surface area contributed by atoms with Gasteiger partial charge in [0.2, 0.25) is 5.91 Å². The van der Waals surface area contributed by atoms with Crippen LogP contribution >= 0.6 is 0 Å². The Morgan fingerprint density at radius 1 is 1.64 bits per heavy atom. The zero-order chi connectivity index (χ0) is 8.27. The number of nitrogens with two attached hydrogens (primary N) is 1. The monoisotopic (exact) mass is 149 g/mol. The standard InChI is InChI=1S/C8H9N2O/c1-6-2-3-7(5-10-6)4-8(9)11/h2-5H,1H3,(H2,9,11). The number of pyridine rings is 1. The zero-order valence-electron chi connectivity index (χ0n) is 6.24. The summed E-state index contributed by atoms with van der Waals surface area (Å²) in [5.41, 5.74) is 6.60. The van der Waals surface area contributed by atoms with Crippen molar-refractivity contribution in [2.75, 3.05) is 0 Å².